The van der Waals surface area contributed by atoms with Crippen molar-refractivity contribution in [2.45, 2.75) is 45.1 Å². The van der Waals surface area contributed by atoms with Crippen molar-refractivity contribution in [3.63, 3.8) is 0 Å². The molecule has 1 N–H and O–H groups in total. The monoisotopic (exact) mass is 341 g/mol. The van der Waals surface area contributed by atoms with Crippen LogP contribution in [0.15, 0.2) is 42.5 Å². The van der Waals surface area contributed by atoms with E-state index in [1.165, 1.54) is 12.1 Å². The SMILES string of the molecule is CCCCC1CCCN1C(=O)c1cccc(-c2ccc(F)cc2O)c1. The number of amides is 1. The maximum absolute atomic E-state index is 13.2. The summed E-state index contributed by atoms with van der Waals surface area (Å²) in [5.41, 5.74) is 1.86. The van der Waals surface area contributed by atoms with Gasteiger partial charge in [-0.3, -0.25) is 4.79 Å². The first-order valence-electron chi connectivity index (χ1n) is 9.00. The van der Waals surface area contributed by atoms with Crippen LogP contribution in [0.25, 0.3) is 11.1 Å². The van der Waals surface area contributed by atoms with E-state index < -0.39 is 5.82 Å². The Morgan fingerprint density at radius 3 is 2.88 bits per heavy atom. The van der Waals surface area contributed by atoms with E-state index in [1.807, 2.05) is 23.1 Å². The Kier molecular flexibility index (Phi) is 5.37. The molecule has 0 aromatic heterocycles. The summed E-state index contributed by atoms with van der Waals surface area (Å²) in [4.78, 5) is 14.9. The fourth-order valence-electron chi connectivity index (χ4n) is 3.58. The van der Waals surface area contributed by atoms with Crippen molar-refractivity contribution in [3.05, 3.63) is 53.8 Å². The molecule has 2 aromatic carbocycles. The van der Waals surface area contributed by atoms with E-state index in [0.717, 1.165) is 44.7 Å². The molecule has 1 amide bonds. The molecule has 1 aliphatic heterocycles. The molecule has 0 aliphatic carbocycles. The minimum atomic E-state index is -0.482. The van der Waals surface area contributed by atoms with Crippen molar-refractivity contribution in [2.24, 2.45) is 0 Å². The number of likely N-dealkylation sites (tertiary alicyclic amines) is 1. The Bertz CT molecular complexity index is 759. The summed E-state index contributed by atoms with van der Waals surface area (Å²) >= 11 is 0. The highest BCUT2D eigenvalue weighted by atomic mass is 19.1. The normalized spacial score (nSPS) is 17.0. The quantitative estimate of drug-likeness (QED) is 0.832. The number of benzene rings is 2. The molecule has 0 saturated carbocycles. The third-order valence-electron chi connectivity index (χ3n) is 4.91. The molecule has 1 atom stereocenters. The van der Waals surface area contributed by atoms with Crippen molar-refractivity contribution in [1.82, 2.24) is 4.90 Å². The van der Waals surface area contributed by atoms with Crippen LogP contribution in [0.2, 0.25) is 0 Å². The highest BCUT2D eigenvalue weighted by molar-refractivity contribution is 5.96. The summed E-state index contributed by atoms with van der Waals surface area (Å²) in [6.07, 6.45) is 5.46. The van der Waals surface area contributed by atoms with Crippen molar-refractivity contribution in [1.29, 1.82) is 0 Å². The largest absolute Gasteiger partial charge is 0.507 e. The molecule has 0 radical (unpaired) electrons. The first kappa shape index (κ1) is 17.5. The van der Waals surface area contributed by atoms with Crippen LogP contribution in [0.4, 0.5) is 4.39 Å². The first-order valence-corrected chi connectivity index (χ1v) is 9.00. The predicted octanol–water partition coefficient (Wildman–Crippen LogP) is 4.99. The van der Waals surface area contributed by atoms with Crippen LogP contribution in [0.1, 0.15) is 49.4 Å². The zero-order valence-electron chi connectivity index (χ0n) is 14.5. The predicted molar refractivity (Wildman–Crippen MR) is 97.1 cm³/mol. The van der Waals surface area contributed by atoms with Gasteiger partial charge in [0.1, 0.15) is 11.6 Å². The van der Waals surface area contributed by atoms with Gasteiger partial charge in [0, 0.05) is 29.8 Å². The second-order valence-corrected chi connectivity index (χ2v) is 6.68. The van der Waals surface area contributed by atoms with Gasteiger partial charge in [0.2, 0.25) is 0 Å². The molecule has 3 nitrogen and oxygen atoms in total. The molecule has 0 bridgehead atoms. The number of hydrogen-bond donors (Lipinski definition) is 1. The lowest BCUT2D eigenvalue weighted by atomic mass is 10.0. The highest BCUT2D eigenvalue weighted by Crippen LogP contribution is 2.31. The summed E-state index contributed by atoms with van der Waals surface area (Å²) in [7, 11) is 0. The summed E-state index contributed by atoms with van der Waals surface area (Å²) < 4.78 is 13.2. The Morgan fingerprint density at radius 2 is 2.12 bits per heavy atom. The van der Waals surface area contributed by atoms with Crippen LogP contribution in [-0.4, -0.2) is 28.5 Å². The van der Waals surface area contributed by atoms with Crippen molar-refractivity contribution in [3.8, 4) is 16.9 Å². The molecular formula is C21H24FNO2. The van der Waals surface area contributed by atoms with Gasteiger partial charge >= 0.3 is 0 Å². The number of nitrogens with zero attached hydrogens (tertiary/aromatic N) is 1. The molecule has 132 valence electrons. The van der Waals surface area contributed by atoms with Gasteiger partial charge in [-0.2, -0.15) is 0 Å². The van der Waals surface area contributed by atoms with E-state index in [4.69, 9.17) is 0 Å². The van der Waals surface area contributed by atoms with E-state index in [9.17, 15) is 14.3 Å². The molecule has 1 aliphatic rings. The number of carbonyl (C=O) groups excluding carboxylic acids is 1. The summed E-state index contributed by atoms with van der Waals surface area (Å²) in [5, 5.41) is 9.99. The summed E-state index contributed by atoms with van der Waals surface area (Å²) in [6, 6.07) is 11.5. The van der Waals surface area contributed by atoms with Gasteiger partial charge < -0.3 is 10.0 Å². The molecule has 1 unspecified atom stereocenters. The lowest BCUT2D eigenvalue weighted by Gasteiger charge is -2.25. The molecule has 0 spiro atoms. The zero-order chi connectivity index (χ0) is 17.8. The van der Waals surface area contributed by atoms with E-state index >= 15 is 0 Å². The van der Waals surface area contributed by atoms with Crippen LogP contribution >= 0.6 is 0 Å². The van der Waals surface area contributed by atoms with Gasteiger partial charge in [-0.25, -0.2) is 4.39 Å². The number of halogens is 1. The molecule has 1 fully saturated rings. The standard InChI is InChI=1S/C21H24FNO2/c1-2-3-8-18-9-5-12-23(18)21(25)16-7-4-6-15(13-16)19-11-10-17(22)14-20(19)24/h4,6-7,10-11,13-14,18,24H,2-3,5,8-9,12H2,1H3. The van der Waals surface area contributed by atoms with E-state index in [2.05, 4.69) is 6.92 Å². The smallest absolute Gasteiger partial charge is 0.254 e. The fourth-order valence-corrected chi connectivity index (χ4v) is 3.58. The number of phenolic OH excluding ortho intramolecular Hbond substituents is 1. The third kappa shape index (κ3) is 3.84. The number of aromatic hydroxyl groups is 1. The second kappa shape index (κ2) is 7.68. The molecule has 1 heterocycles. The molecule has 2 aromatic rings. The minimum absolute atomic E-state index is 0.0436. The van der Waals surface area contributed by atoms with Crippen LogP contribution in [0, 0.1) is 5.82 Å². The molecule has 4 heteroatoms. The summed E-state index contributed by atoms with van der Waals surface area (Å²) in [6.45, 7) is 2.97. The van der Waals surface area contributed by atoms with Crippen LogP contribution in [-0.2, 0) is 0 Å². The number of phenols is 1. The average Bonchev–Trinajstić information content (AvgIpc) is 3.08. The number of carbonyl (C=O) groups is 1. The molecule has 25 heavy (non-hydrogen) atoms. The van der Waals surface area contributed by atoms with Gasteiger partial charge in [0.05, 0.1) is 0 Å². The van der Waals surface area contributed by atoms with Crippen LogP contribution in [0.3, 0.4) is 0 Å². The van der Waals surface area contributed by atoms with E-state index in [1.54, 1.807) is 6.07 Å². The van der Waals surface area contributed by atoms with Gasteiger partial charge in [-0.1, -0.05) is 31.9 Å². The molecule has 3 rings (SSSR count). The highest BCUT2D eigenvalue weighted by Gasteiger charge is 2.28. The van der Waals surface area contributed by atoms with Crippen molar-refractivity contribution in [2.75, 3.05) is 6.54 Å². The third-order valence-corrected chi connectivity index (χ3v) is 4.91. The fraction of sp³-hybridized carbons (Fsp3) is 0.381. The number of unbranched alkanes of at least 4 members (excludes halogenated alkanes) is 1. The molecular weight excluding hydrogens is 317 g/mol. The minimum Gasteiger partial charge on any atom is -0.507 e. The number of hydrogen-bond acceptors (Lipinski definition) is 2. The van der Waals surface area contributed by atoms with Crippen LogP contribution in [0.5, 0.6) is 5.75 Å². The topological polar surface area (TPSA) is 40.5 Å². The summed E-state index contributed by atoms with van der Waals surface area (Å²) in [5.74, 6) is -0.557. The van der Waals surface area contributed by atoms with Crippen molar-refractivity contribution >= 4 is 5.91 Å². The zero-order valence-corrected chi connectivity index (χ0v) is 14.5. The Morgan fingerprint density at radius 1 is 1.28 bits per heavy atom. The maximum atomic E-state index is 13.2. The van der Waals surface area contributed by atoms with Gasteiger partial charge in [0.15, 0.2) is 0 Å². The first-order chi connectivity index (χ1) is 12.1. The Labute approximate surface area is 148 Å². The molecule has 1 saturated heterocycles. The number of rotatable bonds is 5. The van der Waals surface area contributed by atoms with Crippen molar-refractivity contribution < 1.29 is 14.3 Å². The lowest BCUT2D eigenvalue weighted by molar-refractivity contribution is 0.0729. The van der Waals surface area contributed by atoms with Gasteiger partial charge in [-0.15, -0.1) is 0 Å². The van der Waals surface area contributed by atoms with Gasteiger partial charge in [0.25, 0.3) is 5.91 Å². The van der Waals surface area contributed by atoms with E-state index in [-0.39, 0.29) is 11.7 Å². The Hall–Kier alpha value is -2.36. The maximum Gasteiger partial charge on any atom is 0.254 e. The van der Waals surface area contributed by atoms with E-state index in [0.29, 0.717) is 22.7 Å². The van der Waals surface area contributed by atoms with Gasteiger partial charge in [-0.05, 0) is 49.1 Å². The van der Waals surface area contributed by atoms with Crippen LogP contribution < -0.4 is 0 Å². The lowest BCUT2D eigenvalue weighted by Crippen LogP contribution is -2.35. The Balaban J connectivity index is 1.84. The average molecular weight is 341 g/mol. The second-order valence-electron chi connectivity index (χ2n) is 6.68.